The van der Waals surface area contributed by atoms with Crippen molar-refractivity contribution in [2.45, 2.75) is 39.7 Å². The Balaban J connectivity index is 1.11. The predicted octanol–water partition coefficient (Wildman–Crippen LogP) is 3.10. The summed E-state index contributed by atoms with van der Waals surface area (Å²) in [4.78, 5) is 30.3. The van der Waals surface area contributed by atoms with E-state index in [2.05, 4.69) is 41.1 Å². The molecule has 2 aromatic rings. The van der Waals surface area contributed by atoms with E-state index in [0.717, 1.165) is 52.0 Å². The molecule has 0 aliphatic carbocycles. The van der Waals surface area contributed by atoms with Gasteiger partial charge < -0.3 is 24.6 Å². The maximum absolute atomic E-state index is 13.4. The van der Waals surface area contributed by atoms with Gasteiger partial charge in [-0.25, -0.2) is 0 Å². The first-order valence-corrected chi connectivity index (χ1v) is 12.8. The highest BCUT2D eigenvalue weighted by atomic mass is 16.6. The normalized spacial score (nSPS) is 19.7. The number of nitrogens with zero attached hydrogens (tertiary/aromatic N) is 2. The number of aryl methyl sites for hydroxylation is 2. The van der Waals surface area contributed by atoms with Gasteiger partial charge in [0.1, 0.15) is 13.2 Å². The average Bonchev–Trinajstić information content (AvgIpc) is 2.88. The highest BCUT2D eigenvalue weighted by Crippen LogP contribution is 2.31. The fourth-order valence-electron chi connectivity index (χ4n) is 5.38. The van der Waals surface area contributed by atoms with E-state index in [0.29, 0.717) is 36.8 Å². The number of likely N-dealkylation sites (tertiary alicyclic amines) is 1. The molecule has 186 valence electrons. The lowest BCUT2D eigenvalue weighted by Crippen LogP contribution is -2.47. The van der Waals surface area contributed by atoms with E-state index in [1.165, 1.54) is 22.3 Å². The summed E-state index contributed by atoms with van der Waals surface area (Å²) >= 11 is 0. The third kappa shape index (κ3) is 5.30. The van der Waals surface area contributed by atoms with Crippen LogP contribution < -0.4 is 14.8 Å². The van der Waals surface area contributed by atoms with Crippen molar-refractivity contribution in [2.24, 2.45) is 5.92 Å². The van der Waals surface area contributed by atoms with Gasteiger partial charge in [0.2, 0.25) is 5.91 Å². The summed E-state index contributed by atoms with van der Waals surface area (Å²) in [7, 11) is 0. The first-order valence-electron chi connectivity index (χ1n) is 12.8. The molecule has 5 rings (SSSR count). The van der Waals surface area contributed by atoms with Gasteiger partial charge in [-0.15, -0.1) is 0 Å². The number of ether oxygens (including phenoxy) is 2. The number of carbonyl (C=O) groups is 2. The van der Waals surface area contributed by atoms with Crippen molar-refractivity contribution in [2.75, 3.05) is 45.9 Å². The second kappa shape index (κ2) is 10.3. The van der Waals surface area contributed by atoms with Crippen LogP contribution in [-0.2, 0) is 17.8 Å². The van der Waals surface area contributed by atoms with E-state index in [1.54, 1.807) is 18.2 Å². The van der Waals surface area contributed by atoms with E-state index >= 15 is 0 Å². The molecule has 2 aromatic carbocycles. The number of carbonyl (C=O) groups excluding carboxylic acids is 2. The Morgan fingerprint density at radius 1 is 1.00 bits per heavy atom. The summed E-state index contributed by atoms with van der Waals surface area (Å²) < 4.78 is 11.1. The lowest BCUT2D eigenvalue weighted by atomic mass is 9.92. The Labute approximate surface area is 207 Å². The SMILES string of the molecule is Cc1cc2c(cc1C)CN(C(=O)C1CCCN(CCNC(=O)c3ccc4c(c3)OCCO4)C1)CC2. The molecule has 7 nitrogen and oxygen atoms in total. The molecule has 3 heterocycles. The molecule has 0 radical (unpaired) electrons. The van der Waals surface area contributed by atoms with E-state index in [4.69, 9.17) is 9.47 Å². The number of piperidine rings is 1. The zero-order valence-electron chi connectivity index (χ0n) is 20.8. The first-order chi connectivity index (χ1) is 17.0. The lowest BCUT2D eigenvalue weighted by Gasteiger charge is -2.37. The Hall–Kier alpha value is -3.06. The molecule has 3 aliphatic heterocycles. The topological polar surface area (TPSA) is 71.1 Å². The third-order valence-electron chi connectivity index (χ3n) is 7.51. The standard InChI is InChI=1S/C28H35N3O4/c1-19-14-21-7-10-31(18-24(21)15-20(19)2)28(33)23-4-3-9-30(17-23)11-8-29-27(32)22-5-6-25-26(16-22)35-13-12-34-25/h5-6,14-16,23H,3-4,7-13,17-18H2,1-2H3,(H,29,32). The Kier molecular flexibility index (Phi) is 6.95. The van der Waals surface area contributed by atoms with Gasteiger partial charge in [-0.3, -0.25) is 9.59 Å². The van der Waals surface area contributed by atoms with E-state index in [1.807, 2.05) is 0 Å². The first kappa shape index (κ1) is 23.7. The number of hydrogen-bond acceptors (Lipinski definition) is 5. The predicted molar refractivity (Wildman–Crippen MR) is 134 cm³/mol. The van der Waals surface area contributed by atoms with Crippen molar-refractivity contribution < 1.29 is 19.1 Å². The van der Waals surface area contributed by atoms with Crippen molar-refractivity contribution in [3.63, 3.8) is 0 Å². The fourth-order valence-corrected chi connectivity index (χ4v) is 5.38. The van der Waals surface area contributed by atoms with Crippen LogP contribution in [0.25, 0.3) is 0 Å². The summed E-state index contributed by atoms with van der Waals surface area (Å²) in [5, 5.41) is 3.01. The van der Waals surface area contributed by atoms with Crippen LogP contribution in [0.2, 0.25) is 0 Å². The molecule has 35 heavy (non-hydrogen) atoms. The average molecular weight is 478 g/mol. The van der Waals surface area contributed by atoms with Crippen LogP contribution in [0.4, 0.5) is 0 Å². The fraction of sp³-hybridized carbons (Fsp3) is 0.500. The Morgan fingerprint density at radius 2 is 1.77 bits per heavy atom. The van der Waals surface area contributed by atoms with Crippen molar-refractivity contribution in [3.05, 3.63) is 58.1 Å². The zero-order valence-corrected chi connectivity index (χ0v) is 20.8. The van der Waals surface area contributed by atoms with Gasteiger partial charge in [-0.05, 0) is 80.1 Å². The molecular formula is C28H35N3O4. The molecule has 1 fully saturated rings. The summed E-state index contributed by atoms with van der Waals surface area (Å²) in [6.45, 7) is 9.85. The van der Waals surface area contributed by atoms with Crippen LogP contribution >= 0.6 is 0 Å². The molecule has 0 bridgehead atoms. The van der Waals surface area contributed by atoms with E-state index in [9.17, 15) is 9.59 Å². The number of rotatable bonds is 5. The molecule has 2 amide bonds. The van der Waals surface area contributed by atoms with Gasteiger partial charge in [0.15, 0.2) is 11.5 Å². The molecule has 1 unspecified atom stereocenters. The maximum atomic E-state index is 13.4. The van der Waals surface area contributed by atoms with Gasteiger partial charge in [-0.1, -0.05) is 12.1 Å². The van der Waals surface area contributed by atoms with Gasteiger partial charge in [0.25, 0.3) is 5.91 Å². The Morgan fingerprint density at radius 3 is 2.60 bits per heavy atom. The molecular weight excluding hydrogens is 442 g/mol. The van der Waals surface area contributed by atoms with Crippen molar-refractivity contribution in [3.8, 4) is 11.5 Å². The number of hydrogen-bond donors (Lipinski definition) is 1. The monoisotopic (exact) mass is 477 g/mol. The number of amides is 2. The van der Waals surface area contributed by atoms with Gasteiger partial charge >= 0.3 is 0 Å². The smallest absolute Gasteiger partial charge is 0.251 e. The Bertz CT molecular complexity index is 1120. The number of benzene rings is 2. The summed E-state index contributed by atoms with van der Waals surface area (Å²) in [5.74, 6) is 1.49. The second-order valence-corrected chi connectivity index (χ2v) is 9.97. The minimum absolute atomic E-state index is 0.0327. The summed E-state index contributed by atoms with van der Waals surface area (Å²) in [6.07, 6.45) is 2.88. The number of fused-ring (bicyclic) bond motifs is 2. The minimum Gasteiger partial charge on any atom is -0.486 e. The zero-order chi connectivity index (χ0) is 24.4. The van der Waals surface area contributed by atoms with Gasteiger partial charge in [0.05, 0.1) is 5.92 Å². The molecule has 1 N–H and O–H groups in total. The molecule has 7 heteroatoms. The number of nitrogens with one attached hydrogen (secondary N) is 1. The third-order valence-corrected chi connectivity index (χ3v) is 7.51. The molecule has 0 saturated carbocycles. The van der Waals surface area contributed by atoms with Crippen LogP contribution in [0.3, 0.4) is 0 Å². The molecule has 1 saturated heterocycles. The van der Waals surface area contributed by atoms with Crippen molar-refractivity contribution in [1.82, 2.24) is 15.1 Å². The van der Waals surface area contributed by atoms with Crippen LogP contribution in [0, 0.1) is 19.8 Å². The van der Waals surface area contributed by atoms with Crippen LogP contribution in [-0.4, -0.2) is 67.6 Å². The van der Waals surface area contributed by atoms with Crippen molar-refractivity contribution in [1.29, 1.82) is 0 Å². The van der Waals surface area contributed by atoms with Crippen LogP contribution in [0.15, 0.2) is 30.3 Å². The minimum atomic E-state index is -0.121. The largest absolute Gasteiger partial charge is 0.486 e. The van der Waals surface area contributed by atoms with E-state index < -0.39 is 0 Å². The maximum Gasteiger partial charge on any atom is 0.251 e. The highest BCUT2D eigenvalue weighted by molar-refractivity contribution is 5.94. The summed E-state index contributed by atoms with van der Waals surface area (Å²) in [5.41, 5.74) is 5.86. The van der Waals surface area contributed by atoms with Gasteiger partial charge in [0, 0.05) is 38.3 Å². The van der Waals surface area contributed by atoms with Crippen LogP contribution in [0.1, 0.15) is 45.5 Å². The molecule has 0 aromatic heterocycles. The second-order valence-electron chi connectivity index (χ2n) is 9.97. The quantitative estimate of drug-likeness (QED) is 0.717. The molecule has 3 aliphatic rings. The highest BCUT2D eigenvalue weighted by Gasteiger charge is 2.31. The lowest BCUT2D eigenvalue weighted by molar-refractivity contribution is -0.138. The van der Waals surface area contributed by atoms with Crippen LogP contribution in [0.5, 0.6) is 11.5 Å². The molecule has 1 atom stereocenters. The van der Waals surface area contributed by atoms with Crippen molar-refractivity contribution >= 4 is 11.8 Å². The van der Waals surface area contributed by atoms with E-state index in [-0.39, 0.29) is 17.7 Å². The van der Waals surface area contributed by atoms with Gasteiger partial charge in [-0.2, -0.15) is 0 Å². The summed E-state index contributed by atoms with van der Waals surface area (Å²) in [6, 6.07) is 9.82. The molecule has 0 spiro atoms.